The third-order valence-corrected chi connectivity index (χ3v) is 3.03. The van der Waals surface area contributed by atoms with Gasteiger partial charge in [0.05, 0.1) is 6.54 Å². The van der Waals surface area contributed by atoms with Crippen molar-refractivity contribution in [2.45, 2.75) is 13.0 Å². The lowest BCUT2D eigenvalue weighted by Crippen LogP contribution is -2.27. The summed E-state index contributed by atoms with van der Waals surface area (Å²) < 4.78 is 13.7. The van der Waals surface area contributed by atoms with Crippen LogP contribution in [0.25, 0.3) is 10.8 Å². The van der Waals surface area contributed by atoms with E-state index in [1.807, 2.05) is 18.2 Å². The summed E-state index contributed by atoms with van der Waals surface area (Å²) in [5.74, 6) is 0.685. The number of aliphatic imine (C=N–C) groups is 1. The third kappa shape index (κ3) is 1.68. The van der Waals surface area contributed by atoms with Gasteiger partial charge in [0, 0.05) is 17.0 Å². The van der Waals surface area contributed by atoms with Gasteiger partial charge in [0.1, 0.15) is 11.7 Å². The highest BCUT2D eigenvalue weighted by atomic mass is 19.1. The van der Waals surface area contributed by atoms with Crippen molar-refractivity contribution >= 4 is 16.6 Å². The molecule has 1 aliphatic rings. The van der Waals surface area contributed by atoms with Crippen molar-refractivity contribution in [1.82, 2.24) is 5.32 Å². The first-order chi connectivity index (χ1) is 8.25. The fourth-order valence-corrected chi connectivity index (χ4v) is 2.18. The van der Waals surface area contributed by atoms with E-state index in [1.165, 1.54) is 6.07 Å². The molecule has 0 spiro atoms. The third-order valence-electron chi connectivity index (χ3n) is 3.03. The van der Waals surface area contributed by atoms with Crippen LogP contribution in [0.5, 0.6) is 0 Å². The smallest absolute Gasteiger partial charge is 0.131 e. The number of amidine groups is 1. The number of hydrogen-bond donors (Lipinski definition) is 1. The molecule has 0 aromatic heterocycles. The van der Waals surface area contributed by atoms with E-state index in [9.17, 15) is 4.39 Å². The van der Waals surface area contributed by atoms with Gasteiger partial charge < -0.3 is 5.32 Å². The second-order valence-electron chi connectivity index (χ2n) is 4.38. The van der Waals surface area contributed by atoms with E-state index in [2.05, 4.69) is 17.2 Å². The molecule has 0 fully saturated rings. The van der Waals surface area contributed by atoms with Crippen LogP contribution >= 0.6 is 0 Å². The summed E-state index contributed by atoms with van der Waals surface area (Å²) >= 11 is 0. The molecule has 3 rings (SSSR count). The van der Waals surface area contributed by atoms with Gasteiger partial charge in [-0.05, 0) is 24.4 Å². The minimum absolute atomic E-state index is 0.184. The first-order valence-electron chi connectivity index (χ1n) is 5.74. The first-order valence-corrected chi connectivity index (χ1v) is 5.74. The number of halogens is 1. The van der Waals surface area contributed by atoms with Crippen LogP contribution in [0, 0.1) is 5.82 Å². The largest absolute Gasteiger partial charge is 0.366 e. The summed E-state index contributed by atoms with van der Waals surface area (Å²) in [4.78, 5) is 4.45. The lowest BCUT2D eigenvalue weighted by atomic mass is 10.0. The Morgan fingerprint density at radius 2 is 1.94 bits per heavy atom. The molecule has 0 aliphatic carbocycles. The predicted octanol–water partition coefficient (Wildman–Crippen LogP) is 2.72. The molecule has 0 radical (unpaired) electrons. The molecule has 1 aliphatic heterocycles. The molecule has 2 nitrogen and oxygen atoms in total. The molecule has 3 heteroatoms. The Balaban J connectivity index is 2.21. The normalized spacial score (nSPS) is 19.2. The Kier molecular flexibility index (Phi) is 2.32. The second kappa shape index (κ2) is 3.84. The van der Waals surface area contributed by atoms with E-state index in [1.54, 1.807) is 12.1 Å². The molecule has 86 valence electrons. The number of nitrogens with zero attached hydrogens (tertiary/aromatic N) is 1. The first kappa shape index (κ1) is 10.3. The standard InChI is InChI=1S/C14H13FN2/c1-9-8-16-14(17-9)12-6-7-13(15)11-5-3-2-4-10(11)12/h2-7,9H,8H2,1H3,(H,16,17). The van der Waals surface area contributed by atoms with E-state index in [-0.39, 0.29) is 5.82 Å². The summed E-state index contributed by atoms with van der Waals surface area (Å²) in [6.45, 7) is 2.86. The average Bonchev–Trinajstić information content (AvgIpc) is 2.77. The van der Waals surface area contributed by atoms with E-state index in [0.29, 0.717) is 11.4 Å². The summed E-state index contributed by atoms with van der Waals surface area (Å²) in [5, 5.41) is 4.87. The number of benzene rings is 2. The topological polar surface area (TPSA) is 24.4 Å². The van der Waals surface area contributed by atoms with Gasteiger partial charge in [0.15, 0.2) is 0 Å². The fraction of sp³-hybridized carbons (Fsp3) is 0.214. The van der Waals surface area contributed by atoms with Gasteiger partial charge in [-0.25, -0.2) is 4.39 Å². The summed E-state index contributed by atoms with van der Waals surface area (Å²) in [5.41, 5.74) is 0.978. The average molecular weight is 228 g/mol. The maximum Gasteiger partial charge on any atom is 0.131 e. The lowest BCUT2D eigenvalue weighted by molar-refractivity contribution is 0.640. The molecule has 1 atom stereocenters. The van der Waals surface area contributed by atoms with Crippen molar-refractivity contribution in [2.24, 2.45) is 4.99 Å². The molecule has 0 bridgehead atoms. The number of hydrogen-bond acceptors (Lipinski definition) is 2. The molecule has 1 heterocycles. The zero-order valence-electron chi connectivity index (χ0n) is 9.57. The number of fused-ring (bicyclic) bond motifs is 1. The van der Waals surface area contributed by atoms with Crippen LogP contribution in [0.3, 0.4) is 0 Å². The Morgan fingerprint density at radius 1 is 1.18 bits per heavy atom. The van der Waals surface area contributed by atoms with Crippen LogP contribution in [0.15, 0.2) is 41.4 Å². The van der Waals surface area contributed by atoms with Gasteiger partial charge in [0.2, 0.25) is 0 Å². The van der Waals surface area contributed by atoms with Crippen molar-refractivity contribution in [3.05, 3.63) is 47.8 Å². The Bertz CT molecular complexity index is 604. The molecule has 0 saturated carbocycles. The maximum absolute atomic E-state index is 13.7. The minimum atomic E-state index is -0.184. The Labute approximate surface area is 99.2 Å². The van der Waals surface area contributed by atoms with E-state index in [0.717, 1.165) is 23.3 Å². The van der Waals surface area contributed by atoms with Gasteiger partial charge in [-0.3, -0.25) is 4.99 Å². The van der Waals surface area contributed by atoms with Gasteiger partial charge in [-0.1, -0.05) is 24.3 Å². The summed E-state index contributed by atoms with van der Waals surface area (Å²) in [7, 11) is 0. The van der Waals surface area contributed by atoms with Gasteiger partial charge in [-0.15, -0.1) is 0 Å². The molecule has 17 heavy (non-hydrogen) atoms. The van der Waals surface area contributed by atoms with E-state index in [4.69, 9.17) is 0 Å². The molecule has 1 N–H and O–H groups in total. The van der Waals surface area contributed by atoms with Crippen molar-refractivity contribution in [1.29, 1.82) is 0 Å². The van der Waals surface area contributed by atoms with Crippen LogP contribution in [0.2, 0.25) is 0 Å². The molecule has 0 saturated heterocycles. The lowest BCUT2D eigenvalue weighted by Gasteiger charge is -2.09. The van der Waals surface area contributed by atoms with E-state index >= 15 is 0 Å². The van der Waals surface area contributed by atoms with Crippen molar-refractivity contribution in [3.63, 3.8) is 0 Å². The Morgan fingerprint density at radius 3 is 2.65 bits per heavy atom. The van der Waals surface area contributed by atoms with Crippen LogP contribution in [0.4, 0.5) is 4.39 Å². The fourth-order valence-electron chi connectivity index (χ4n) is 2.18. The van der Waals surface area contributed by atoms with Crippen LogP contribution in [0.1, 0.15) is 12.5 Å². The highest BCUT2D eigenvalue weighted by Crippen LogP contribution is 2.22. The summed E-state index contributed by atoms with van der Waals surface area (Å²) in [6.07, 6.45) is 0. The molecular formula is C14H13FN2. The van der Waals surface area contributed by atoms with Gasteiger partial charge in [-0.2, -0.15) is 0 Å². The molecule has 0 amide bonds. The van der Waals surface area contributed by atoms with Crippen LogP contribution < -0.4 is 5.32 Å². The Hall–Kier alpha value is -1.90. The molecule has 1 unspecified atom stereocenters. The predicted molar refractivity (Wildman–Crippen MR) is 67.9 cm³/mol. The van der Waals surface area contributed by atoms with Gasteiger partial charge >= 0.3 is 0 Å². The SMILES string of the molecule is CC1CN=C(c2ccc(F)c3ccccc23)N1. The zero-order valence-corrected chi connectivity index (χ0v) is 9.57. The van der Waals surface area contributed by atoms with Crippen molar-refractivity contribution in [3.8, 4) is 0 Å². The molecule has 2 aromatic rings. The number of nitrogens with one attached hydrogen (secondary N) is 1. The zero-order chi connectivity index (χ0) is 11.8. The molecule has 2 aromatic carbocycles. The highest BCUT2D eigenvalue weighted by Gasteiger charge is 2.16. The maximum atomic E-state index is 13.7. The quantitative estimate of drug-likeness (QED) is 0.797. The van der Waals surface area contributed by atoms with E-state index < -0.39 is 0 Å². The summed E-state index contributed by atoms with van der Waals surface area (Å²) in [6, 6.07) is 11.2. The van der Waals surface area contributed by atoms with Gasteiger partial charge in [0.25, 0.3) is 0 Å². The number of rotatable bonds is 1. The minimum Gasteiger partial charge on any atom is -0.366 e. The van der Waals surface area contributed by atoms with Crippen LogP contribution in [-0.2, 0) is 0 Å². The second-order valence-corrected chi connectivity index (χ2v) is 4.38. The highest BCUT2D eigenvalue weighted by molar-refractivity contribution is 6.10. The monoisotopic (exact) mass is 228 g/mol. The van der Waals surface area contributed by atoms with Crippen molar-refractivity contribution in [2.75, 3.05) is 6.54 Å². The molecular weight excluding hydrogens is 215 g/mol. The van der Waals surface area contributed by atoms with Crippen molar-refractivity contribution < 1.29 is 4.39 Å². The van der Waals surface area contributed by atoms with Crippen LogP contribution in [-0.4, -0.2) is 18.4 Å².